The molecule has 0 aliphatic carbocycles. The van der Waals surface area contributed by atoms with Gasteiger partial charge in [0.15, 0.2) is 0 Å². The first-order valence-electron chi connectivity index (χ1n) is 6.54. The van der Waals surface area contributed by atoms with Crippen LogP contribution in [0, 0.1) is 10.1 Å². The molecule has 0 aliphatic rings. The second kappa shape index (κ2) is 6.17. The summed E-state index contributed by atoms with van der Waals surface area (Å²) in [5, 5.41) is 18.4. The number of nitro benzene ring substituents is 1. The molecule has 2 aromatic rings. The second-order valence-electron chi connectivity index (χ2n) is 4.63. The van der Waals surface area contributed by atoms with Crippen molar-refractivity contribution >= 4 is 17.7 Å². The summed E-state index contributed by atoms with van der Waals surface area (Å²) in [5.41, 5.74) is 2.51. The van der Waals surface area contributed by atoms with E-state index in [2.05, 4.69) is 10.4 Å². The highest BCUT2D eigenvalue weighted by Gasteiger charge is 2.15. The molecule has 0 radical (unpaired) electrons. The molecule has 0 spiro atoms. The number of aromatic nitrogens is 2. The van der Waals surface area contributed by atoms with Crippen LogP contribution in [0.5, 0.6) is 0 Å². The Morgan fingerprint density at radius 3 is 2.86 bits per heavy atom. The lowest BCUT2D eigenvalue weighted by Crippen LogP contribution is -2.04. The molecule has 21 heavy (non-hydrogen) atoms. The molecular formula is C14H16N4O3. The first-order chi connectivity index (χ1) is 10.0. The summed E-state index contributed by atoms with van der Waals surface area (Å²) in [6.07, 6.45) is 3.27. The van der Waals surface area contributed by atoms with E-state index < -0.39 is 4.92 Å². The van der Waals surface area contributed by atoms with E-state index in [4.69, 9.17) is 0 Å². The molecule has 0 amide bonds. The number of nitro groups is 1. The van der Waals surface area contributed by atoms with Crippen molar-refractivity contribution in [2.24, 2.45) is 7.05 Å². The van der Waals surface area contributed by atoms with E-state index in [9.17, 15) is 14.9 Å². The number of hydrogen-bond donors (Lipinski definition) is 1. The number of nitrogens with zero attached hydrogens (tertiary/aromatic N) is 3. The Bertz CT molecular complexity index is 679. The third-order valence-corrected chi connectivity index (χ3v) is 3.15. The zero-order valence-corrected chi connectivity index (χ0v) is 11.9. The van der Waals surface area contributed by atoms with Gasteiger partial charge in [0, 0.05) is 37.0 Å². The van der Waals surface area contributed by atoms with Crippen LogP contribution in [0.3, 0.4) is 0 Å². The minimum absolute atomic E-state index is 0.110. The molecule has 7 nitrogen and oxygen atoms in total. The van der Waals surface area contributed by atoms with Crippen LogP contribution >= 0.6 is 0 Å². The molecule has 0 atom stereocenters. The highest BCUT2D eigenvalue weighted by atomic mass is 16.6. The minimum atomic E-state index is -0.501. The Kier molecular flexibility index (Phi) is 4.32. The number of anilines is 1. The van der Waals surface area contributed by atoms with Crippen LogP contribution in [-0.4, -0.2) is 21.0 Å². The van der Waals surface area contributed by atoms with Crippen LogP contribution in [0.1, 0.15) is 28.5 Å². The van der Waals surface area contributed by atoms with Crippen LogP contribution in [0.2, 0.25) is 0 Å². The van der Waals surface area contributed by atoms with E-state index in [0.29, 0.717) is 18.5 Å². The van der Waals surface area contributed by atoms with E-state index in [0.717, 1.165) is 17.7 Å². The van der Waals surface area contributed by atoms with Gasteiger partial charge in [-0.15, -0.1) is 0 Å². The summed E-state index contributed by atoms with van der Waals surface area (Å²) in [5.74, 6) is 0. The molecule has 0 unspecified atom stereocenters. The van der Waals surface area contributed by atoms with E-state index in [1.807, 2.05) is 20.2 Å². The van der Waals surface area contributed by atoms with Gasteiger partial charge < -0.3 is 5.32 Å². The van der Waals surface area contributed by atoms with Crippen LogP contribution in [-0.2, 0) is 20.0 Å². The smallest absolute Gasteiger partial charge is 0.293 e. The minimum Gasteiger partial charge on any atom is -0.375 e. The maximum Gasteiger partial charge on any atom is 0.293 e. The first kappa shape index (κ1) is 14.7. The molecule has 1 aromatic carbocycles. The average molecular weight is 288 g/mol. The van der Waals surface area contributed by atoms with Gasteiger partial charge in [-0.05, 0) is 18.6 Å². The second-order valence-corrected chi connectivity index (χ2v) is 4.63. The molecule has 0 saturated carbocycles. The Balaban J connectivity index is 2.23. The van der Waals surface area contributed by atoms with Crippen molar-refractivity contribution in [1.29, 1.82) is 0 Å². The fraction of sp³-hybridized carbons (Fsp3) is 0.286. The van der Waals surface area contributed by atoms with E-state index in [-0.39, 0.29) is 11.3 Å². The molecule has 1 N–H and O–H groups in total. The van der Waals surface area contributed by atoms with Crippen molar-refractivity contribution in [2.75, 3.05) is 5.32 Å². The Morgan fingerprint density at radius 1 is 1.48 bits per heavy atom. The molecule has 0 saturated heterocycles. The Labute approximate surface area is 121 Å². The number of rotatable bonds is 6. The van der Waals surface area contributed by atoms with Gasteiger partial charge in [0.25, 0.3) is 5.69 Å². The normalized spacial score (nSPS) is 10.4. The van der Waals surface area contributed by atoms with Crippen LogP contribution in [0.25, 0.3) is 0 Å². The SMILES string of the molecule is CCc1nn(C)cc1CNc1ccc(C=O)cc1[N+](=O)[O-]. The quantitative estimate of drug-likeness (QED) is 0.500. The molecule has 0 aliphatic heterocycles. The van der Waals surface area contributed by atoms with Gasteiger partial charge in [-0.1, -0.05) is 6.92 Å². The average Bonchev–Trinajstić information content (AvgIpc) is 2.84. The molecule has 1 heterocycles. The van der Waals surface area contributed by atoms with Crippen molar-refractivity contribution in [3.05, 3.63) is 51.3 Å². The maximum atomic E-state index is 11.1. The molecular weight excluding hydrogens is 272 g/mol. The lowest BCUT2D eigenvalue weighted by molar-refractivity contribution is -0.384. The third-order valence-electron chi connectivity index (χ3n) is 3.15. The number of carbonyl (C=O) groups is 1. The molecule has 110 valence electrons. The number of benzene rings is 1. The maximum absolute atomic E-state index is 11.1. The third kappa shape index (κ3) is 3.25. The summed E-state index contributed by atoms with van der Waals surface area (Å²) in [6, 6.07) is 4.36. The number of aryl methyl sites for hydroxylation is 2. The molecule has 0 bridgehead atoms. The van der Waals surface area contributed by atoms with Gasteiger partial charge in [0.2, 0.25) is 0 Å². The number of aldehydes is 1. The highest BCUT2D eigenvalue weighted by molar-refractivity contribution is 5.79. The number of nitrogens with one attached hydrogen (secondary N) is 1. The van der Waals surface area contributed by atoms with Gasteiger partial charge in [-0.3, -0.25) is 19.6 Å². The van der Waals surface area contributed by atoms with Crippen molar-refractivity contribution in [1.82, 2.24) is 9.78 Å². The van der Waals surface area contributed by atoms with Crippen molar-refractivity contribution in [2.45, 2.75) is 19.9 Å². The Hall–Kier alpha value is -2.70. The van der Waals surface area contributed by atoms with Crippen LogP contribution in [0.15, 0.2) is 24.4 Å². The first-order valence-corrected chi connectivity index (χ1v) is 6.54. The largest absolute Gasteiger partial charge is 0.375 e. The predicted molar refractivity (Wildman–Crippen MR) is 78.4 cm³/mol. The van der Waals surface area contributed by atoms with E-state index >= 15 is 0 Å². The molecule has 2 rings (SSSR count). The number of carbonyl (C=O) groups excluding carboxylic acids is 1. The van der Waals surface area contributed by atoms with Crippen molar-refractivity contribution in [3.63, 3.8) is 0 Å². The lowest BCUT2D eigenvalue weighted by atomic mass is 10.1. The van der Waals surface area contributed by atoms with Gasteiger partial charge in [0.05, 0.1) is 10.6 Å². The topological polar surface area (TPSA) is 90.1 Å². The summed E-state index contributed by atoms with van der Waals surface area (Å²) in [7, 11) is 1.84. The van der Waals surface area contributed by atoms with E-state index in [1.165, 1.54) is 6.07 Å². The molecule has 1 aromatic heterocycles. The standard InChI is InChI=1S/C14H16N4O3/c1-3-12-11(8-17(2)16-12)7-15-13-5-4-10(9-19)6-14(13)18(20)21/h4-6,8-9,15H,3,7H2,1-2H3. The lowest BCUT2D eigenvalue weighted by Gasteiger charge is -2.07. The van der Waals surface area contributed by atoms with Crippen molar-refractivity contribution < 1.29 is 9.72 Å². The highest BCUT2D eigenvalue weighted by Crippen LogP contribution is 2.25. The fourth-order valence-electron chi connectivity index (χ4n) is 2.14. The zero-order valence-electron chi connectivity index (χ0n) is 11.9. The zero-order chi connectivity index (χ0) is 15.4. The van der Waals surface area contributed by atoms with Gasteiger partial charge >= 0.3 is 0 Å². The van der Waals surface area contributed by atoms with Gasteiger partial charge in [-0.25, -0.2) is 0 Å². The van der Waals surface area contributed by atoms with E-state index in [1.54, 1.807) is 16.8 Å². The van der Waals surface area contributed by atoms with Crippen molar-refractivity contribution in [3.8, 4) is 0 Å². The molecule has 7 heteroatoms. The Morgan fingerprint density at radius 2 is 2.24 bits per heavy atom. The summed E-state index contributed by atoms with van der Waals surface area (Å²) >= 11 is 0. The van der Waals surface area contributed by atoms with Gasteiger partial charge in [0.1, 0.15) is 12.0 Å². The summed E-state index contributed by atoms with van der Waals surface area (Å²) in [6.45, 7) is 2.45. The number of hydrogen-bond acceptors (Lipinski definition) is 5. The molecule has 0 fully saturated rings. The summed E-state index contributed by atoms with van der Waals surface area (Å²) in [4.78, 5) is 21.3. The fourth-order valence-corrected chi connectivity index (χ4v) is 2.14. The van der Waals surface area contributed by atoms with Gasteiger partial charge in [-0.2, -0.15) is 5.10 Å². The van der Waals surface area contributed by atoms with Crippen LogP contribution < -0.4 is 5.32 Å². The van der Waals surface area contributed by atoms with Crippen LogP contribution in [0.4, 0.5) is 11.4 Å². The predicted octanol–water partition coefficient (Wildman–Crippen LogP) is 2.32. The summed E-state index contributed by atoms with van der Waals surface area (Å²) < 4.78 is 1.72. The monoisotopic (exact) mass is 288 g/mol.